The van der Waals surface area contributed by atoms with Crippen molar-refractivity contribution in [1.82, 2.24) is 0 Å². The van der Waals surface area contributed by atoms with Gasteiger partial charge in [-0.2, -0.15) is 8.42 Å². The van der Waals surface area contributed by atoms with Gasteiger partial charge in [-0.25, -0.2) is 0 Å². The summed E-state index contributed by atoms with van der Waals surface area (Å²) in [7, 11) is -4.67. The van der Waals surface area contributed by atoms with E-state index in [2.05, 4.69) is 0 Å². The number of hydrogen-bond acceptors (Lipinski definition) is 4. The van der Waals surface area contributed by atoms with Gasteiger partial charge in [0.15, 0.2) is 0 Å². The van der Waals surface area contributed by atoms with E-state index in [0.29, 0.717) is 0 Å². The molecular weight excluding hydrogens is 267 g/mol. The van der Waals surface area contributed by atoms with Crippen LogP contribution in [0.3, 0.4) is 0 Å². The van der Waals surface area contributed by atoms with Gasteiger partial charge >= 0.3 is 36.2 Å². The zero-order valence-electron chi connectivity index (χ0n) is 4.43. The zero-order valence-corrected chi connectivity index (χ0v) is 5.24. The summed E-state index contributed by atoms with van der Waals surface area (Å²) in [4.78, 5) is 0. The van der Waals surface area contributed by atoms with Crippen LogP contribution in [-0.2, 0) is 10.4 Å². The Morgan fingerprint density at radius 3 is 1.10 bits per heavy atom. The summed E-state index contributed by atoms with van der Waals surface area (Å²) in [5.41, 5.74) is 0. The van der Waals surface area contributed by atoms with Gasteiger partial charge in [-0.15, -0.1) is 0 Å². The van der Waals surface area contributed by atoms with Crippen molar-refractivity contribution in [3.8, 4) is 0 Å². The molecule has 0 aliphatic heterocycles. The maximum absolute atomic E-state index is 8.74. The number of aliphatic hydroxyl groups is 2. The molecule has 0 heterocycles. The molecule has 64 valence electrons. The van der Waals surface area contributed by atoms with E-state index in [4.69, 9.17) is 27.7 Å². The van der Waals surface area contributed by atoms with Gasteiger partial charge in [0.25, 0.3) is 0 Å². The van der Waals surface area contributed by atoms with Crippen LogP contribution in [0.4, 0.5) is 0 Å². The number of rotatable bonds is 1. The molecule has 0 bridgehead atoms. The van der Waals surface area contributed by atoms with Crippen LogP contribution in [-0.4, -0.2) is 66.8 Å². The van der Waals surface area contributed by atoms with E-state index in [1.54, 1.807) is 0 Å². The van der Waals surface area contributed by atoms with E-state index in [9.17, 15) is 0 Å². The zero-order chi connectivity index (χ0) is 7.91. The Balaban J connectivity index is -0.0000000910. The molecule has 0 radical (unpaired) electrons. The minimum atomic E-state index is -4.67. The molecule has 0 aliphatic carbocycles. The van der Waals surface area contributed by atoms with Crippen molar-refractivity contribution in [3.05, 3.63) is 0 Å². The van der Waals surface area contributed by atoms with Gasteiger partial charge in [-0.05, 0) is 0 Å². The topological polar surface area (TPSA) is 115 Å². The Hall–Kier alpha value is 0.660. The molecule has 0 fully saturated rings. The molecule has 0 aromatic rings. The van der Waals surface area contributed by atoms with Crippen molar-refractivity contribution in [2.45, 2.75) is 0 Å². The van der Waals surface area contributed by atoms with Gasteiger partial charge in [0.1, 0.15) is 0 Å². The summed E-state index contributed by atoms with van der Waals surface area (Å²) in [6.45, 7) is -0.250. The third-order valence-electron chi connectivity index (χ3n) is 0.1000. The van der Waals surface area contributed by atoms with Gasteiger partial charge in [-0.1, -0.05) is 0 Å². The Labute approximate surface area is 77.2 Å². The van der Waals surface area contributed by atoms with E-state index < -0.39 is 10.4 Å². The van der Waals surface area contributed by atoms with Gasteiger partial charge in [0.2, 0.25) is 0 Å². The van der Waals surface area contributed by atoms with Gasteiger partial charge in [0.05, 0.1) is 13.2 Å². The average molecular weight is 278 g/mol. The molecule has 0 aliphatic rings. The van der Waals surface area contributed by atoms with Crippen molar-refractivity contribution in [2.75, 3.05) is 13.2 Å². The van der Waals surface area contributed by atoms with Crippen molar-refractivity contribution in [3.63, 3.8) is 0 Å². The average Bonchev–Trinajstić information content (AvgIpc) is 1.61. The van der Waals surface area contributed by atoms with E-state index in [0.717, 1.165) is 0 Å². The normalized spacial score (nSPS) is 8.80. The maximum atomic E-state index is 8.74. The minimum absolute atomic E-state index is 0. The van der Waals surface area contributed by atoms with Crippen LogP contribution in [0.15, 0.2) is 0 Å². The van der Waals surface area contributed by atoms with Gasteiger partial charge in [0, 0.05) is 0 Å². The van der Waals surface area contributed by atoms with Crippen molar-refractivity contribution < 1.29 is 27.7 Å². The molecule has 4 N–H and O–H groups in total. The summed E-state index contributed by atoms with van der Waals surface area (Å²) < 4.78 is 31.6. The second-order valence-corrected chi connectivity index (χ2v) is 1.79. The first kappa shape index (κ1) is 17.0. The third-order valence-corrected chi connectivity index (χ3v) is 0.1000. The molecule has 0 saturated heterocycles. The standard InChI is InChI=1S/C2H6O2.In.H2O4S.3H/c3-1-2-4;;1-5(2,3)4;;;/h3-4H,1-2H2;;(H2,1,2,3,4);;;. The fourth-order valence-electron chi connectivity index (χ4n) is 0. The van der Waals surface area contributed by atoms with Crippen molar-refractivity contribution >= 4 is 36.2 Å². The Morgan fingerprint density at radius 1 is 1.00 bits per heavy atom. The first-order valence-corrected chi connectivity index (χ1v) is 3.23. The first-order chi connectivity index (χ1) is 3.91. The SMILES string of the molecule is O=S(=O)(O)O.OCCO.[InH3]. The quantitative estimate of drug-likeness (QED) is 0.383. The second-order valence-electron chi connectivity index (χ2n) is 0.895. The molecule has 0 saturated carbocycles. The van der Waals surface area contributed by atoms with Crippen LogP contribution in [0.25, 0.3) is 0 Å². The predicted octanol–water partition coefficient (Wildman–Crippen LogP) is -2.87. The first-order valence-electron chi connectivity index (χ1n) is 1.83. The monoisotopic (exact) mass is 278 g/mol. The summed E-state index contributed by atoms with van der Waals surface area (Å²) in [5, 5.41) is 15.2. The van der Waals surface area contributed by atoms with E-state index in [-0.39, 0.29) is 39.1 Å². The predicted molar refractivity (Wildman–Crippen MR) is 38.3 cm³/mol. The number of aliphatic hydroxyl groups excluding tert-OH is 2. The summed E-state index contributed by atoms with van der Waals surface area (Å²) in [6.07, 6.45) is 0. The van der Waals surface area contributed by atoms with Crippen LogP contribution in [0, 0.1) is 0 Å². The molecule has 0 aromatic heterocycles. The van der Waals surface area contributed by atoms with Crippen LogP contribution in [0.5, 0.6) is 0 Å². The summed E-state index contributed by atoms with van der Waals surface area (Å²) in [5.74, 6) is 0. The molecule has 0 amide bonds. The molecule has 0 atom stereocenters. The van der Waals surface area contributed by atoms with Crippen LogP contribution >= 0.6 is 0 Å². The van der Waals surface area contributed by atoms with Gasteiger partial charge < -0.3 is 10.2 Å². The molecular formula is C2H11InO6S. The van der Waals surface area contributed by atoms with E-state index in [1.807, 2.05) is 0 Å². The molecule has 10 heavy (non-hydrogen) atoms. The van der Waals surface area contributed by atoms with Crippen LogP contribution in [0.2, 0.25) is 0 Å². The fraction of sp³-hybridized carbons (Fsp3) is 1.00. The third kappa shape index (κ3) is 184. The molecule has 6 nitrogen and oxygen atoms in total. The molecule has 0 aromatic carbocycles. The van der Waals surface area contributed by atoms with Crippen molar-refractivity contribution in [2.24, 2.45) is 0 Å². The second kappa shape index (κ2) is 9.66. The molecule has 0 spiro atoms. The summed E-state index contributed by atoms with van der Waals surface area (Å²) >= 11 is 0. The van der Waals surface area contributed by atoms with Crippen LogP contribution in [0.1, 0.15) is 0 Å². The summed E-state index contributed by atoms with van der Waals surface area (Å²) in [6, 6.07) is 0. The molecule has 8 heteroatoms. The van der Waals surface area contributed by atoms with Crippen molar-refractivity contribution in [1.29, 1.82) is 0 Å². The van der Waals surface area contributed by atoms with E-state index >= 15 is 0 Å². The number of hydrogen-bond donors (Lipinski definition) is 4. The van der Waals surface area contributed by atoms with Gasteiger partial charge in [-0.3, -0.25) is 9.11 Å². The molecule has 0 unspecified atom stereocenters. The Morgan fingerprint density at radius 2 is 1.10 bits per heavy atom. The Kier molecular flexibility index (Phi) is 16.4. The Bertz CT molecular complexity index is 119. The van der Waals surface area contributed by atoms with Crippen LogP contribution < -0.4 is 0 Å². The van der Waals surface area contributed by atoms with E-state index in [1.165, 1.54) is 0 Å². The molecule has 0 rings (SSSR count). The fourth-order valence-corrected chi connectivity index (χ4v) is 0.